The van der Waals surface area contributed by atoms with Crippen LogP contribution in [0.1, 0.15) is 23.7 Å². The third-order valence-electron chi connectivity index (χ3n) is 4.48. The number of rotatable bonds is 4. The van der Waals surface area contributed by atoms with Gasteiger partial charge in [0, 0.05) is 53.8 Å². The molecule has 0 fully saturated rings. The molecule has 1 aliphatic heterocycles. The van der Waals surface area contributed by atoms with E-state index in [0.29, 0.717) is 13.2 Å². The van der Waals surface area contributed by atoms with Gasteiger partial charge in [-0.25, -0.2) is 0 Å². The highest BCUT2D eigenvalue weighted by Gasteiger charge is 2.18. The van der Waals surface area contributed by atoms with E-state index in [0.717, 1.165) is 41.7 Å². The van der Waals surface area contributed by atoms with E-state index >= 15 is 0 Å². The molecule has 4 rings (SSSR count). The highest BCUT2D eigenvalue weighted by Crippen LogP contribution is 2.21. The molecule has 0 unspecified atom stereocenters. The highest BCUT2D eigenvalue weighted by molar-refractivity contribution is 5.80. The number of hydrogen-bond donors (Lipinski definition) is 2. The Morgan fingerprint density at radius 2 is 2.25 bits per heavy atom. The summed E-state index contributed by atoms with van der Waals surface area (Å²) in [4.78, 5) is 17.6. The molecule has 0 bridgehead atoms. The molecule has 6 heteroatoms. The number of ether oxygens (including phenoxy) is 1. The number of fused-ring (bicyclic) bond motifs is 2. The van der Waals surface area contributed by atoms with Crippen molar-refractivity contribution >= 4 is 10.9 Å². The third kappa shape index (κ3) is 2.80. The van der Waals surface area contributed by atoms with Gasteiger partial charge in [0.2, 0.25) is 0 Å². The number of pyridine rings is 1. The molecule has 0 atom stereocenters. The van der Waals surface area contributed by atoms with Crippen molar-refractivity contribution in [1.82, 2.24) is 20.1 Å². The number of aromatic nitrogens is 3. The van der Waals surface area contributed by atoms with Gasteiger partial charge in [0.05, 0.1) is 12.8 Å². The fourth-order valence-corrected chi connectivity index (χ4v) is 3.26. The van der Waals surface area contributed by atoms with Gasteiger partial charge in [-0.1, -0.05) is 0 Å². The molecule has 124 valence electrons. The van der Waals surface area contributed by atoms with Crippen molar-refractivity contribution in [3.8, 4) is 5.75 Å². The topological polar surface area (TPSA) is 74.0 Å². The first-order valence-electron chi connectivity index (χ1n) is 8.25. The predicted octanol–water partition coefficient (Wildman–Crippen LogP) is 2.21. The zero-order chi connectivity index (χ0) is 16.5. The summed E-state index contributed by atoms with van der Waals surface area (Å²) < 4.78 is 5.55. The summed E-state index contributed by atoms with van der Waals surface area (Å²) in [6, 6.07) is 7.72. The second kappa shape index (κ2) is 6.13. The van der Waals surface area contributed by atoms with Crippen LogP contribution in [0, 0.1) is 0 Å². The lowest BCUT2D eigenvalue weighted by Gasteiger charge is -2.26. The first-order chi connectivity index (χ1) is 11.7. The van der Waals surface area contributed by atoms with Crippen molar-refractivity contribution in [3.63, 3.8) is 0 Å². The molecule has 3 heterocycles. The Kier molecular flexibility index (Phi) is 3.82. The molecule has 0 saturated carbocycles. The van der Waals surface area contributed by atoms with Gasteiger partial charge in [-0.05, 0) is 31.2 Å². The molecule has 6 nitrogen and oxygen atoms in total. The summed E-state index contributed by atoms with van der Waals surface area (Å²) in [6.07, 6.45) is 2.82. The largest absolute Gasteiger partial charge is 0.494 e. The Balaban J connectivity index is 1.61. The van der Waals surface area contributed by atoms with E-state index in [4.69, 9.17) is 4.74 Å². The Bertz CT molecular complexity index is 928. The third-order valence-corrected chi connectivity index (χ3v) is 4.48. The molecule has 0 spiro atoms. The number of H-pyrrole nitrogens is 2. The molecular formula is C18H20N4O2. The molecule has 0 radical (unpaired) electrons. The monoisotopic (exact) mass is 324 g/mol. The van der Waals surface area contributed by atoms with Crippen molar-refractivity contribution < 1.29 is 4.74 Å². The molecule has 0 saturated heterocycles. The van der Waals surface area contributed by atoms with Crippen LogP contribution in [0.5, 0.6) is 5.75 Å². The molecule has 24 heavy (non-hydrogen) atoms. The van der Waals surface area contributed by atoms with E-state index in [1.807, 2.05) is 37.4 Å². The van der Waals surface area contributed by atoms with Crippen molar-refractivity contribution in [2.45, 2.75) is 26.4 Å². The normalized spacial score (nSPS) is 14.7. The van der Waals surface area contributed by atoms with Crippen LogP contribution in [-0.2, 0) is 19.5 Å². The Morgan fingerprint density at radius 1 is 1.33 bits per heavy atom. The van der Waals surface area contributed by atoms with Crippen molar-refractivity contribution in [1.29, 1.82) is 0 Å². The average Bonchev–Trinajstić information content (AvgIpc) is 3.04. The average molecular weight is 324 g/mol. The van der Waals surface area contributed by atoms with Crippen LogP contribution in [0.25, 0.3) is 10.9 Å². The van der Waals surface area contributed by atoms with Crippen LogP contribution in [-0.4, -0.2) is 33.2 Å². The van der Waals surface area contributed by atoms with Gasteiger partial charge >= 0.3 is 0 Å². The molecular weight excluding hydrogens is 304 g/mol. The van der Waals surface area contributed by atoms with Crippen LogP contribution >= 0.6 is 0 Å². The zero-order valence-electron chi connectivity index (χ0n) is 13.6. The molecule has 0 aliphatic carbocycles. The van der Waals surface area contributed by atoms with E-state index in [2.05, 4.69) is 20.1 Å². The van der Waals surface area contributed by atoms with E-state index in [1.54, 1.807) is 0 Å². The summed E-state index contributed by atoms with van der Waals surface area (Å²) in [5, 5.41) is 8.13. The maximum absolute atomic E-state index is 12.4. The molecule has 1 aliphatic rings. The fourth-order valence-electron chi connectivity index (χ4n) is 3.26. The zero-order valence-corrected chi connectivity index (χ0v) is 13.6. The van der Waals surface area contributed by atoms with Crippen molar-refractivity contribution in [3.05, 3.63) is 57.6 Å². The Hall–Kier alpha value is -2.60. The highest BCUT2D eigenvalue weighted by atomic mass is 16.5. The lowest BCUT2D eigenvalue weighted by Crippen LogP contribution is -2.31. The molecule has 2 N–H and O–H groups in total. The minimum atomic E-state index is -0.0235. The maximum Gasteiger partial charge on any atom is 0.252 e. The second-order valence-electron chi connectivity index (χ2n) is 6.14. The summed E-state index contributed by atoms with van der Waals surface area (Å²) in [5.41, 5.74) is 4.02. The van der Waals surface area contributed by atoms with Gasteiger partial charge in [0.25, 0.3) is 5.56 Å². The van der Waals surface area contributed by atoms with Crippen molar-refractivity contribution in [2.24, 2.45) is 0 Å². The van der Waals surface area contributed by atoms with Crippen LogP contribution < -0.4 is 10.3 Å². The summed E-state index contributed by atoms with van der Waals surface area (Å²) in [5.74, 6) is 0.823. The van der Waals surface area contributed by atoms with Gasteiger partial charge < -0.3 is 9.72 Å². The van der Waals surface area contributed by atoms with E-state index in [1.165, 1.54) is 11.3 Å². The van der Waals surface area contributed by atoms with Gasteiger partial charge in [-0.3, -0.25) is 14.8 Å². The quantitative estimate of drug-likeness (QED) is 0.772. The molecule has 1 aromatic carbocycles. The maximum atomic E-state index is 12.4. The molecule has 2 aromatic heterocycles. The number of benzene rings is 1. The van der Waals surface area contributed by atoms with Crippen LogP contribution in [0.3, 0.4) is 0 Å². The number of hydrogen-bond acceptors (Lipinski definition) is 4. The standard InChI is InChI=1S/C18H20N4O2/c1-2-24-15-3-4-16-12(8-15)7-13(18(23)20-16)10-22-6-5-17-14(11-22)9-19-21-17/h3-4,7-9H,2,5-6,10-11H2,1H3,(H,19,21)(H,20,23). The summed E-state index contributed by atoms with van der Waals surface area (Å²) in [7, 11) is 0. The minimum Gasteiger partial charge on any atom is -0.494 e. The number of aromatic amines is 2. The lowest BCUT2D eigenvalue weighted by molar-refractivity contribution is 0.244. The molecule has 0 amide bonds. The number of nitrogens with one attached hydrogen (secondary N) is 2. The second-order valence-corrected chi connectivity index (χ2v) is 6.14. The lowest BCUT2D eigenvalue weighted by atomic mass is 10.1. The van der Waals surface area contributed by atoms with E-state index < -0.39 is 0 Å². The predicted molar refractivity (Wildman–Crippen MR) is 92.1 cm³/mol. The van der Waals surface area contributed by atoms with Gasteiger partial charge in [0.15, 0.2) is 0 Å². The van der Waals surface area contributed by atoms with Crippen LogP contribution in [0.2, 0.25) is 0 Å². The van der Waals surface area contributed by atoms with E-state index in [-0.39, 0.29) is 5.56 Å². The van der Waals surface area contributed by atoms with Crippen LogP contribution in [0.15, 0.2) is 35.3 Å². The van der Waals surface area contributed by atoms with Gasteiger partial charge in [-0.15, -0.1) is 0 Å². The summed E-state index contributed by atoms with van der Waals surface area (Å²) >= 11 is 0. The Morgan fingerprint density at radius 3 is 3.12 bits per heavy atom. The van der Waals surface area contributed by atoms with Crippen LogP contribution in [0.4, 0.5) is 0 Å². The van der Waals surface area contributed by atoms with Gasteiger partial charge in [0.1, 0.15) is 5.75 Å². The Labute approximate surface area is 139 Å². The smallest absolute Gasteiger partial charge is 0.252 e. The van der Waals surface area contributed by atoms with E-state index in [9.17, 15) is 4.79 Å². The summed E-state index contributed by atoms with van der Waals surface area (Å²) in [6.45, 7) is 4.97. The first kappa shape index (κ1) is 15.0. The number of nitrogens with zero attached hydrogens (tertiary/aromatic N) is 2. The minimum absolute atomic E-state index is 0.0235. The van der Waals surface area contributed by atoms with Gasteiger partial charge in [-0.2, -0.15) is 5.10 Å². The van der Waals surface area contributed by atoms with Crippen molar-refractivity contribution in [2.75, 3.05) is 13.2 Å². The molecule has 3 aromatic rings. The fraction of sp³-hybridized carbons (Fsp3) is 0.333. The first-order valence-corrected chi connectivity index (χ1v) is 8.25. The SMILES string of the molecule is CCOc1ccc2[nH]c(=O)c(CN3CCc4[nH]ncc4C3)cc2c1.